The first-order valence-corrected chi connectivity index (χ1v) is 10.9. The highest BCUT2D eigenvalue weighted by Crippen LogP contribution is 2.37. The number of nitrogens with zero attached hydrogens (tertiary/aromatic N) is 3. The minimum absolute atomic E-state index is 0.315. The van der Waals surface area contributed by atoms with Crippen molar-refractivity contribution in [3.05, 3.63) is 77.3 Å². The van der Waals surface area contributed by atoms with Crippen LogP contribution >= 0.6 is 12.2 Å². The van der Waals surface area contributed by atoms with Crippen LogP contribution in [0, 0.1) is 17.6 Å². The van der Waals surface area contributed by atoms with Gasteiger partial charge < -0.3 is 14.7 Å². The fourth-order valence-electron chi connectivity index (χ4n) is 3.67. The van der Waals surface area contributed by atoms with Crippen LogP contribution in [0.25, 0.3) is 17.0 Å². The Morgan fingerprint density at radius 2 is 1.69 bits per heavy atom. The van der Waals surface area contributed by atoms with Gasteiger partial charge in [-0.05, 0) is 73.4 Å². The van der Waals surface area contributed by atoms with Gasteiger partial charge in [0.25, 0.3) is 5.89 Å². The van der Waals surface area contributed by atoms with E-state index in [1.165, 1.54) is 24.3 Å². The number of benzene rings is 2. The van der Waals surface area contributed by atoms with Crippen LogP contribution in [0.2, 0.25) is 0 Å². The molecule has 1 atom stereocenters. The third-order valence-corrected chi connectivity index (χ3v) is 5.83. The molecule has 0 amide bonds. The van der Waals surface area contributed by atoms with E-state index in [1.54, 1.807) is 24.3 Å². The van der Waals surface area contributed by atoms with Crippen LogP contribution in [0.3, 0.4) is 0 Å². The number of hydrogen-bond acceptors (Lipinski definition) is 4. The average Bonchev–Trinajstić information content (AvgIpc) is 3.23. The molecule has 1 unspecified atom stereocenters. The number of allylic oxidation sites excluding steroid dienone is 1. The monoisotopic (exact) mass is 454 g/mol. The summed E-state index contributed by atoms with van der Waals surface area (Å²) in [5, 5.41) is 8.06. The van der Waals surface area contributed by atoms with Crippen LogP contribution in [0.5, 0.6) is 0 Å². The van der Waals surface area contributed by atoms with Gasteiger partial charge >= 0.3 is 0 Å². The fraction of sp³-hybridized carbons (Fsp3) is 0.292. The van der Waals surface area contributed by atoms with Crippen molar-refractivity contribution in [2.75, 3.05) is 6.54 Å². The molecule has 8 heteroatoms. The topological polar surface area (TPSA) is 54.2 Å². The summed E-state index contributed by atoms with van der Waals surface area (Å²) in [5.41, 5.74) is 3.15. The van der Waals surface area contributed by atoms with Crippen molar-refractivity contribution in [1.29, 1.82) is 0 Å². The standard InChI is InChI=1S/C24H24F2N4OS/c1-14(2)12-13-30-15(3)20(21(27-24(30)32)16-4-8-18(25)9-5-16)23-28-22(29-31-23)17-6-10-19(26)11-7-17/h4-11,14,21H,12-13H2,1-3H3,(H,27,32). The summed E-state index contributed by atoms with van der Waals surface area (Å²) in [6.07, 6.45) is 0.957. The Balaban J connectivity index is 1.78. The third-order valence-electron chi connectivity index (χ3n) is 5.49. The third kappa shape index (κ3) is 4.55. The average molecular weight is 455 g/mol. The first kappa shape index (κ1) is 22.1. The summed E-state index contributed by atoms with van der Waals surface area (Å²) in [6.45, 7) is 7.04. The van der Waals surface area contributed by atoms with Crippen molar-refractivity contribution in [3.63, 3.8) is 0 Å². The van der Waals surface area contributed by atoms with Crippen molar-refractivity contribution in [2.24, 2.45) is 5.92 Å². The van der Waals surface area contributed by atoms with Crippen LogP contribution in [-0.2, 0) is 0 Å². The zero-order chi connectivity index (χ0) is 22.8. The number of thiocarbonyl (C=S) groups is 1. The number of aromatic nitrogens is 2. The van der Waals surface area contributed by atoms with Crippen molar-refractivity contribution in [2.45, 2.75) is 33.2 Å². The van der Waals surface area contributed by atoms with Crippen LogP contribution < -0.4 is 5.32 Å². The molecule has 2 heterocycles. The minimum Gasteiger partial charge on any atom is -0.351 e. The Hall–Kier alpha value is -3.13. The van der Waals surface area contributed by atoms with E-state index in [0.29, 0.717) is 28.3 Å². The van der Waals surface area contributed by atoms with Gasteiger partial charge in [-0.2, -0.15) is 4.98 Å². The molecular formula is C24H24F2N4OS. The van der Waals surface area contributed by atoms with E-state index < -0.39 is 0 Å². The number of nitrogens with one attached hydrogen (secondary N) is 1. The quantitative estimate of drug-likeness (QED) is 0.481. The van der Waals surface area contributed by atoms with Gasteiger partial charge in [0, 0.05) is 17.8 Å². The molecule has 0 saturated carbocycles. The van der Waals surface area contributed by atoms with E-state index in [1.807, 2.05) is 11.8 Å². The predicted octanol–water partition coefficient (Wildman–Crippen LogP) is 5.72. The normalized spacial score (nSPS) is 16.6. The Morgan fingerprint density at radius 3 is 2.31 bits per heavy atom. The summed E-state index contributed by atoms with van der Waals surface area (Å²) in [4.78, 5) is 6.62. The van der Waals surface area contributed by atoms with E-state index >= 15 is 0 Å². The molecule has 0 saturated heterocycles. The highest BCUT2D eigenvalue weighted by molar-refractivity contribution is 7.80. The van der Waals surface area contributed by atoms with Gasteiger partial charge in [0.15, 0.2) is 5.11 Å². The molecule has 5 nitrogen and oxygen atoms in total. The Bertz CT molecular complexity index is 1140. The Kier molecular flexibility index (Phi) is 6.32. The lowest BCUT2D eigenvalue weighted by Gasteiger charge is -2.37. The lowest BCUT2D eigenvalue weighted by atomic mass is 9.94. The maximum absolute atomic E-state index is 13.6. The SMILES string of the molecule is CC1=C(c2nc(-c3ccc(F)cc3)no2)C(c2ccc(F)cc2)NC(=S)N1CCC(C)C. The molecule has 1 aliphatic rings. The lowest BCUT2D eigenvalue weighted by Crippen LogP contribution is -2.46. The molecule has 166 valence electrons. The Labute approximate surface area is 191 Å². The van der Waals surface area contributed by atoms with Gasteiger partial charge in [-0.3, -0.25) is 0 Å². The van der Waals surface area contributed by atoms with Crippen LogP contribution in [0.15, 0.2) is 58.8 Å². The fourth-order valence-corrected chi connectivity index (χ4v) is 4.02. The van der Waals surface area contributed by atoms with Crippen molar-refractivity contribution < 1.29 is 13.3 Å². The molecule has 0 fully saturated rings. The maximum Gasteiger partial charge on any atom is 0.258 e. The van der Waals surface area contributed by atoms with Crippen molar-refractivity contribution in [3.8, 4) is 11.4 Å². The van der Waals surface area contributed by atoms with E-state index in [9.17, 15) is 8.78 Å². The van der Waals surface area contributed by atoms with Crippen LogP contribution in [-0.4, -0.2) is 26.7 Å². The smallest absolute Gasteiger partial charge is 0.258 e. The first-order chi connectivity index (χ1) is 15.3. The van der Waals surface area contributed by atoms with Gasteiger partial charge in [-0.1, -0.05) is 31.1 Å². The molecular weight excluding hydrogens is 430 g/mol. The highest BCUT2D eigenvalue weighted by atomic mass is 32.1. The van der Waals surface area contributed by atoms with E-state index in [-0.39, 0.29) is 17.7 Å². The van der Waals surface area contributed by atoms with Gasteiger partial charge in [0.05, 0.1) is 11.6 Å². The molecule has 32 heavy (non-hydrogen) atoms. The summed E-state index contributed by atoms with van der Waals surface area (Å²) in [5.74, 6) is 0.556. The van der Waals surface area contributed by atoms with E-state index in [4.69, 9.17) is 16.7 Å². The maximum atomic E-state index is 13.6. The summed E-state index contributed by atoms with van der Waals surface area (Å²) in [7, 11) is 0. The second-order valence-electron chi connectivity index (χ2n) is 8.20. The van der Waals surface area contributed by atoms with Crippen LogP contribution in [0.4, 0.5) is 8.78 Å². The summed E-state index contributed by atoms with van der Waals surface area (Å²) in [6, 6.07) is 11.8. The summed E-state index contributed by atoms with van der Waals surface area (Å²) >= 11 is 5.66. The molecule has 2 aromatic carbocycles. The van der Waals surface area contributed by atoms with Gasteiger partial charge in [-0.15, -0.1) is 0 Å². The van der Waals surface area contributed by atoms with Gasteiger partial charge in [0.1, 0.15) is 11.6 Å². The van der Waals surface area contributed by atoms with Crippen LogP contribution in [0.1, 0.15) is 44.7 Å². The van der Waals surface area contributed by atoms with Gasteiger partial charge in [0.2, 0.25) is 5.82 Å². The van der Waals surface area contributed by atoms with E-state index in [0.717, 1.165) is 29.8 Å². The minimum atomic E-state index is -0.375. The predicted molar refractivity (Wildman–Crippen MR) is 123 cm³/mol. The van der Waals surface area contributed by atoms with Crippen molar-refractivity contribution >= 4 is 22.9 Å². The molecule has 1 aromatic heterocycles. The molecule has 0 aliphatic carbocycles. The van der Waals surface area contributed by atoms with Gasteiger partial charge in [-0.25, -0.2) is 8.78 Å². The molecule has 3 aromatic rings. The molecule has 1 N–H and O–H groups in total. The molecule has 1 aliphatic heterocycles. The number of rotatable bonds is 6. The summed E-state index contributed by atoms with van der Waals surface area (Å²) < 4.78 is 32.5. The zero-order valence-electron chi connectivity index (χ0n) is 18.1. The highest BCUT2D eigenvalue weighted by Gasteiger charge is 2.34. The zero-order valence-corrected chi connectivity index (χ0v) is 18.9. The second-order valence-corrected chi connectivity index (χ2v) is 8.58. The molecule has 0 radical (unpaired) electrons. The lowest BCUT2D eigenvalue weighted by molar-refractivity contribution is 0.390. The van der Waals surface area contributed by atoms with E-state index in [2.05, 4.69) is 29.3 Å². The number of halogens is 2. The Morgan fingerprint density at radius 1 is 1.06 bits per heavy atom. The molecule has 0 bridgehead atoms. The first-order valence-electron chi connectivity index (χ1n) is 10.5. The molecule has 0 spiro atoms. The van der Waals surface area contributed by atoms with Crippen molar-refractivity contribution in [1.82, 2.24) is 20.4 Å². The largest absolute Gasteiger partial charge is 0.351 e. The number of hydrogen-bond donors (Lipinski definition) is 1. The molecule has 4 rings (SSSR count). The second kappa shape index (κ2) is 9.16.